The molecule has 1 atom stereocenters. The molecule has 0 radical (unpaired) electrons. The van der Waals surface area contributed by atoms with E-state index in [-0.39, 0.29) is 17.8 Å². The van der Waals surface area contributed by atoms with Crippen molar-refractivity contribution in [2.24, 2.45) is 5.92 Å². The molecule has 3 nitrogen and oxygen atoms in total. The molecule has 21 heavy (non-hydrogen) atoms. The summed E-state index contributed by atoms with van der Waals surface area (Å²) in [6.45, 7) is 1.80. The summed E-state index contributed by atoms with van der Waals surface area (Å²) in [7, 11) is 0. The van der Waals surface area contributed by atoms with Crippen molar-refractivity contribution in [2.45, 2.75) is 38.2 Å². The summed E-state index contributed by atoms with van der Waals surface area (Å²) in [4.78, 5) is 14.3. The third-order valence-corrected chi connectivity index (χ3v) is 4.60. The summed E-state index contributed by atoms with van der Waals surface area (Å²) >= 11 is 0. The van der Waals surface area contributed by atoms with Crippen LogP contribution in [0.15, 0.2) is 24.3 Å². The molecule has 4 heteroatoms. The molecule has 1 amide bonds. The number of hydrogen-bond acceptors (Lipinski definition) is 2. The third kappa shape index (κ3) is 3.62. The Morgan fingerprint density at radius 1 is 1.24 bits per heavy atom. The van der Waals surface area contributed by atoms with E-state index in [0.29, 0.717) is 32.0 Å². The molecular weight excluding hydrogens is 269 g/mol. The van der Waals surface area contributed by atoms with Crippen molar-refractivity contribution in [2.75, 3.05) is 19.7 Å². The number of halogens is 1. The first kappa shape index (κ1) is 14.5. The predicted octanol–water partition coefficient (Wildman–Crippen LogP) is 3.31. The van der Waals surface area contributed by atoms with Crippen LogP contribution in [0.2, 0.25) is 0 Å². The van der Waals surface area contributed by atoms with Crippen molar-refractivity contribution < 1.29 is 13.9 Å². The molecule has 1 aromatic rings. The van der Waals surface area contributed by atoms with Crippen molar-refractivity contribution in [1.82, 2.24) is 4.90 Å². The van der Waals surface area contributed by atoms with E-state index in [0.717, 1.165) is 5.56 Å². The molecule has 2 aliphatic rings. The fourth-order valence-corrected chi connectivity index (χ4v) is 3.35. The van der Waals surface area contributed by atoms with Crippen molar-refractivity contribution in [3.8, 4) is 0 Å². The Bertz CT molecular complexity index is 482. The van der Waals surface area contributed by atoms with Crippen LogP contribution in [0.25, 0.3) is 0 Å². The van der Waals surface area contributed by atoms with Gasteiger partial charge in [-0.05, 0) is 36.5 Å². The zero-order valence-corrected chi connectivity index (χ0v) is 12.3. The van der Waals surface area contributed by atoms with Gasteiger partial charge in [-0.3, -0.25) is 4.79 Å². The zero-order chi connectivity index (χ0) is 14.7. The quantitative estimate of drug-likeness (QED) is 0.855. The number of ether oxygens (including phenoxy) is 1. The normalized spacial score (nSPS) is 23.5. The number of carbonyl (C=O) groups excluding carboxylic acids is 1. The highest BCUT2D eigenvalue weighted by atomic mass is 19.1. The van der Waals surface area contributed by atoms with Gasteiger partial charge in [-0.2, -0.15) is 0 Å². The lowest BCUT2D eigenvalue weighted by molar-refractivity contribution is -0.140. The number of rotatable bonds is 3. The van der Waals surface area contributed by atoms with E-state index >= 15 is 0 Å². The summed E-state index contributed by atoms with van der Waals surface area (Å²) in [6.07, 6.45) is 5.45. The second-order valence-electron chi connectivity index (χ2n) is 6.11. The lowest BCUT2D eigenvalue weighted by atomic mass is 10.0. The minimum absolute atomic E-state index is 0.133. The van der Waals surface area contributed by atoms with Gasteiger partial charge in [-0.25, -0.2) is 4.39 Å². The molecule has 3 rings (SSSR count). The minimum atomic E-state index is -0.247. The molecule has 1 aliphatic heterocycles. The molecule has 1 aromatic carbocycles. The summed E-state index contributed by atoms with van der Waals surface area (Å²) in [5.41, 5.74) is 0.940. The van der Waals surface area contributed by atoms with Crippen LogP contribution in [0.3, 0.4) is 0 Å². The highest BCUT2D eigenvalue weighted by Gasteiger charge is 2.27. The molecule has 0 bridgehead atoms. The van der Waals surface area contributed by atoms with Gasteiger partial charge in [0.15, 0.2) is 0 Å². The SMILES string of the molecule is O=C(CC1CCCC1)N1CCO[C@@H](c2ccc(F)cc2)C1. The largest absolute Gasteiger partial charge is 0.370 e. The van der Waals surface area contributed by atoms with Crippen LogP contribution < -0.4 is 0 Å². The number of benzene rings is 1. The van der Waals surface area contributed by atoms with E-state index in [9.17, 15) is 9.18 Å². The van der Waals surface area contributed by atoms with Crippen LogP contribution in [0, 0.1) is 11.7 Å². The van der Waals surface area contributed by atoms with Crippen LogP contribution in [0.1, 0.15) is 43.8 Å². The molecule has 0 unspecified atom stereocenters. The lowest BCUT2D eigenvalue weighted by Crippen LogP contribution is -2.42. The molecule has 0 aromatic heterocycles. The first-order valence-electron chi connectivity index (χ1n) is 7.87. The van der Waals surface area contributed by atoms with Gasteiger partial charge < -0.3 is 9.64 Å². The van der Waals surface area contributed by atoms with Gasteiger partial charge in [-0.15, -0.1) is 0 Å². The van der Waals surface area contributed by atoms with Gasteiger partial charge in [0.05, 0.1) is 13.2 Å². The van der Waals surface area contributed by atoms with Crippen LogP contribution in [-0.2, 0) is 9.53 Å². The Labute approximate surface area is 125 Å². The fourth-order valence-electron chi connectivity index (χ4n) is 3.35. The van der Waals surface area contributed by atoms with Gasteiger partial charge >= 0.3 is 0 Å². The highest BCUT2D eigenvalue weighted by molar-refractivity contribution is 5.76. The van der Waals surface area contributed by atoms with E-state index < -0.39 is 0 Å². The average Bonchev–Trinajstić information content (AvgIpc) is 3.01. The Balaban J connectivity index is 1.59. The molecule has 0 N–H and O–H groups in total. The van der Waals surface area contributed by atoms with Crippen LogP contribution >= 0.6 is 0 Å². The summed E-state index contributed by atoms with van der Waals surface area (Å²) in [5.74, 6) is 0.575. The van der Waals surface area contributed by atoms with Crippen molar-refractivity contribution >= 4 is 5.91 Å². The standard InChI is InChI=1S/C17H22FNO2/c18-15-7-5-14(6-8-15)16-12-19(9-10-21-16)17(20)11-13-3-1-2-4-13/h5-8,13,16H,1-4,9-12H2/t16-/m1/s1. The van der Waals surface area contributed by atoms with Gasteiger partial charge in [0, 0.05) is 13.0 Å². The van der Waals surface area contributed by atoms with Gasteiger partial charge in [0.25, 0.3) is 0 Å². The molecule has 0 spiro atoms. The summed E-state index contributed by atoms with van der Waals surface area (Å²) in [6, 6.07) is 6.37. The van der Waals surface area contributed by atoms with E-state index in [1.165, 1.54) is 37.8 Å². The van der Waals surface area contributed by atoms with Gasteiger partial charge in [-0.1, -0.05) is 25.0 Å². The smallest absolute Gasteiger partial charge is 0.223 e. The topological polar surface area (TPSA) is 29.5 Å². The molecular formula is C17H22FNO2. The number of nitrogens with zero attached hydrogens (tertiary/aromatic N) is 1. The average molecular weight is 291 g/mol. The molecule has 1 aliphatic carbocycles. The molecule has 1 saturated heterocycles. The second-order valence-corrected chi connectivity index (χ2v) is 6.11. The second kappa shape index (κ2) is 6.56. The van der Waals surface area contributed by atoms with Crippen molar-refractivity contribution in [3.05, 3.63) is 35.6 Å². The van der Waals surface area contributed by atoms with Crippen molar-refractivity contribution in [1.29, 1.82) is 0 Å². The maximum absolute atomic E-state index is 13.0. The first-order chi connectivity index (χ1) is 10.2. The minimum Gasteiger partial charge on any atom is -0.370 e. The Morgan fingerprint density at radius 3 is 2.67 bits per heavy atom. The maximum Gasteiger partial charge on any atom is 0.223 e. The number of morpholine rings is 1. The number of carbonyl (C=O) groups is 1. The van der Waals surface area contributed by atoms with E-state index in [1.807, 2.05) is 4.90 Å². The molecule has 1 saturated carbocycles. The Hall–Kier alpha value is -1.42. The summed E-state index contributed by atoms with van der Waals surface area (Å²) in [5, 5.41) is 0. The zero-order valence-electron chi connectivity index (χ0n) is 12.3. The monoisotopic (exact) mass is 291 g/mol. The fraction of sp³-hybridized carbons (Fsp3) is 0.588. The first-order valence-corrected chi connectivity index (χ1v) is 7.87. The Morgan fingerprint density at radius 2 is 1.95 bits per heavy atom. The van der Waals surface area contributed by atoms with Gasteiger partial charge in [0.1, 0.15) is 11.9 Å². The van der Waals surface area contributed by atoms with E-state index in [2.05, 4.69) is 0 Å². The van der Waals surface area contributed by atoms with Crippen LogP contribution in [-0.4, -0.2) is 30.5 Å². The van der Waals surface area contributed by atoms with Crippen LogP contribution in [0.4, 0.5) is 4.39 Å². The molecule has 1 heterocycles. The van der Waals surface area contributed by atoms with Gasteiger partial charge in [0.2, 0.25) is 5.91 Å². The van der Waals surface area contributed by atoms with Crippen molar-refractivity contribution in [3.63, 3.8) is 0 Å². The lowest BCUT2D eigenvalue weighted by Gasteiger charge is -2.33. The third-order valence-electron chi connectivity index (χ3n) is 4.60. The number of amides is 1. The predicted molar refractivity (Wildman–Crippen MR) is 78.2 cm³/mol. The van der Waals surface area contributed by atoms with E-state index in [1.54, 1.807) is 12.1 Å². The summed E-state index contributed by atoms with van der Waals surface area (Å²) < 4.78 is 18.7. The van der Waals surface area contributed by atoms with Crippen LogP contribution in [0.5, 0.6) is 0 Å². The molecule has 2 fully saturated rings. The Kier molecular flexibility index (Phi) is 4.54. The highest BCUT2D eigenvalue weighted by Crippen LogP contribution is 2.29. The molecule has 114 valence electrons. The number of hydrogen-bond donors (Lipinski definition) is 0. The maximum atomic E-state index is 13.0. The van der Waals surface area contributed by atoms with E-state index in [4.69, 9.17) is 4.74 Å².